The Balaban J connectivity index is 1.78. The van der Waals surface area contributed by atoms with Crippen LogP contribution < -0.4 is 10.2 Å². The first kappa shape index (κ1) is 21.0. The van der Waals surface area contributed by atoms with Gasteiger partial charge < -0.3 is 19.8 Å². The second-order valence-electron chi connectivity index (χ2n) is 6.95. The molecule has 0 spiro atoms. The van der Waals surface area contributed by atoms with Crippen molar-refractivity contribution in [2.45, 2.75) is 20.3 Å². The molecule has 0 radical (unpaired) electrons. The molecule has 1 aromatic heterocycles. The van der Waals surface area contributed by atoms with Crippen molar-refractivity contribution in [3.05, 3.63) is 76.4 Å². The minimum absolute atomic E-state index is 0.0302. The number of nitrogens with one attached hydrogen (secondary N) is 1. The number of hydrogen-bond donors (Lipinski definition) is 2. The van der Waals surface area contributed by atoms with Gasteiger partial charge in [-0.25, -0.2) is 9.18 Å². The van der Waals surface area contributed by atoms with Crippen LogP contribution in [0, 0.1) is 19.7 Å². The van der Waals surface area contributed by atoms with Crippen molar-refractivity contribution in [1.29, 1.82) is 0 Å². The van der Waals surface area contributed by atoms with Gasteiger partial charge in [-0.3, -0.25) is 4.79 Å². The maximum absolute atomic E-state index is 13.8. The average molecular weight is 411 g/mol. The molecule has 0 bridgehead atoms. The fourth-order valence-electron chi connectivity index (χ4n) is 3.22. The highest BCUT2D eigenvalue weighted by Crippen LogP contribution is 2.25. The number of hydrogen-bond acceptors (Lipinski definition) is 5. The Labute approximate surface area is 173 Å². The predicted molar refractivity (Wildman–Crippen MR) is 111 cm³/mol. The number of anilines is 2. The number of carboxylic acid groups (broad SMARTS) is 1. The number of aryl methyl sites for hydroxylation is 2. The molecular formula is C22H22FN3O4. The molecule has 2 aromatic carbocycles. The lowest BCUT2D eigenvalue weighted by atomic mass is 10.1. The highest BCUT2D eigenvalue weighted by molar-refractivity contribution is 6.05. The number of rotatable bonds is 7. The van der Waals surface area contributed by atoms with E-state index in [9.17, 15) is 19.1 Å². The van der Waals surface area contributed by atoms with Gasteiger partial charge in [-0.2, -0.15) is 0 Å². The lowest BCUT2D eigenvalue weighted by molar-refractivity contribution is 0.0697. The van der Waals surface area contributed by atoms with E-state index in [-0.39, 0.29) is 16.8 Å². The zero-order chi connectivity index (χ0) is 21.8. The van der Waals surface area contributed by atoms with Gasteiger partial charge in [0.15, 0.2) is 0 Å². The Bertz CT molecular complexity index is 1070. The number of aromatic carboxylic acids is 1. The smallest absolute Gasteiger partial charge is 0.337 e. The van der Waals surface area contributed by atoms with Crippen LogP contribution >= 0.6 is 0 Å². The van der Waals surface area contributed by atoms with Crippen molar-refractivity contribution in [2.75, 3.05) is 23.8 Å². The van der Waals surface area contributed by atoms with Crippen LogP contribution in [0.25, 0.3) is 0 Å². The molecule has 0 unspecified atom stereocenters. The molecule has 0 atom stereocenters. The number of amides is 1. The normalized spacial score (nSPS) is 10.7. The van der Waals surface area contributed by atoms with Crippen molar-refractivity contribution in [2.24, 2.45) is 0 Å². The van der Waals surface area contributed by atoms with E-state index in [4.69, 9.17) is 4.52 Å². The van der Waals surface area contributed by atoms with Crippen LogP contribution in [-0.4, -0.2) is 35.7 Å². The molecule has 1 heterocycles. The summed E-state index contributed by atoms with van der Waals surface area (Å²) in [5.74, 6) is -1.69. The van der Waals surface area contributed by atoms with Gasteiger partial charge in [0.1, 0.15) is 11.6 Å². The standard InChI is InChI=1S/C22H22FN3O4/c1-13-16(14(2)30-25-13)10-11-26(3)20-9-8-15(12-18(20)22(28)29)24-21(27)17-6-4-5-7-19(17)23/h4-9,12H,10-11H2,1-3H3,(H,24,27)(H,28,29). The van der Waals surface area contributed by atoms with Crippen molar-refractivity contribution < 1.29 is 23.6 Å². The number of carboxylic acids is 1. The summed E-state index contributed by atoms with van der Waals surface area (Å²) in [5, 5.41) is 16.1. The first-order chi connectivity index (χ1) is 14.3. The molecule has 2 N–H and O–H groups in total. The summed E-state index contributed by atoms with van der Waals surface area (Å²) in [6, 6.07) is 10.2. The Morgan fingerprint density at radius 1 is 1.17 bits per heavy atom. The number of halogens is 1. The average Bonchev–Trinajstić information content (AvgIpc) is 3.03. The molecule has 1 amide bonds. The van der Waals surface area contributed by atoms with E-state index in [1.54, 1.807) is 25.2 Å². The maximum atomic E-state index is 13.8. The highest BCUT2D eigenvalue weighted by Gasteiger charge is 2.18. The van der Waals surface area contributed by atoms with Gasteiger partial charge in [0.25, 0.3) is 5.91 Å². The monoisotopic (exact) mass is 411 g/mol. The van der Waals surface area contributed by atoms with Crippen LogP contribution in [-0.2, 0) is 6.42 Å². The molecule has 0 aliphatic rings. The van der Waals surface area contributed by atoms with Crippen molar-refractivity contribution in [3.63, 3.8) is 0 Å². The Morgan fingerprint density at radius 2 is 1.90 bits per heavy atom. The van der Waals surface area contributed by atoms with Gasteiger partial charge in [0.2, 0.25) is 0 Å². The van der Waals surface area contributed by atoms with Crippen LogP contribution in [0.1, 0.15) is 37.7 Å². The zero-order valence-corrected chi connectivity index (χ0v) is 16.9. The summed E-state index contributed by atoms with van der Waals surface area (Å²) in [5.41, 5.74) is 2.48. The summed E-state index contributed by atoms with van der Waals surface area (Å²) in [4.78, 5) is 25.9. The fraction of sp³-hybridized carbons (Fsp3) is 0.227. The number of carbonyl (C=O) groups excluding carboxylic acids is 1. The van der Waals surface area contributed by atoms with E-state index >= 15 is 0 Å². The van der Waals surface area contributed by atoms with E-state index in [0.29, 0.717) is 18.7 Å². The van der Waals surface area contributed by atoms with Crippen LogP contribution in [0.4, 0.5) is 15.8 Å². The molecule has 156 valence electrons. The second-order valence-corrected chi connectivity index (χ2v) is 6.95. The second kappa shape index (κ2) is 8.77. The molecule has 0 fully saturated rings. The SMILES string of the molecule is Cc1noc(C)c1CCN(C)c1ccc(NC(=O)c2ccccc2F)cc1C(=O)O. The third-order valence-corrected chi connectivity index (χ3v) is 4.89. The lowest BCUT2D eigenvalue weighted by Gasteiger charge is -2.22. The predicted octanol–water partition coefficient (Wildman–Crippen LogP) is 4.06. The maximum Gasteiger partial charge on any atom is 0.337 e. The van der Waals surface area contributed by atoms with Gasteiger partial charge in [-0.15, -0.1) is 0 Å². The minimum atomic E-state index is -1.13. The fourth-order valence-corrected chi connectivity index (χ4v) is 3.22. The van der Waals surface area contributed by atoms with E-state index in [1.165, 1.54) is 24.3 Å². The quantitative estimate of drug-likeness (QED) is 0.609. The first-order valence-corrected chi connectivity index (χ1v) is 9.34. The molecule has 3 aromatic rings. The summed E-state index contributed by atoms with van der Waals surface area (Å²) < 4.78 is 19.0. The van der Waals surface area contributed by atoms with Gasteiger partial charge in [-0.1, -0.05) is 17.3 Å². The van der Waals surface area contributed by atoms with Crippen LogP contribution in [0.3, 0.4) is 0 Å². The Morgan fingerprint density at radius 3 is 2.53 bits per heavy atom. The molecular weight excluding hydrogens is 389 g/mol. The molecule has 0 aliphatic carbocycles. The van der Waals surface area contributed by atoms with Crippen molar-refractivity contribution in [3.8, 4) is 0 Å². The molecule has 30 heavy (non-hydrogen) atoms. The van der Waals surface area contributed by atoms with E-state index in [0.717, 1.165) is 17.0 Å². The van der Waals surface area contributed by atoms with Gasteiger partial charge in [0.05, 0.1) is 22.5 Å². The molecule has 0 saturated carbocycles. The molecule has 0 aliphatic heterocycles. The van der Waals surface area contributed by atoms with E-state index < -0.39 is 17.7 Å². The third kappa shape index (κ3) is 4.48. The Kier molecular flexibility index (Phi) is 6.15. The summed E-state index contributed by atoms with van der Waals surface area (Å²) in [7, 11) is 1.79. The number of aromatic nitrogens is 1. The Hall–Kier alpha value is -3.68. The van der Waals surface area contributed by atoms with Crippen molar-refractivity contribution in [1.82, 2.24) is 5.16 Å². The zero-order valence-electron chi connectivity index (χ0n) is 16.9. The number of nitrogens with zero attached hydrogens (tertiary/aromatic N) is 2. The summed E-state index contributed by atoms with van der Waals surface area (Å²) >= 11 is 0. The van der Waals surface area contributed by atoms with Gasteiger partial charge >= 0.3 is 5.97 Å². The van der Waals surface area contributed by atoms with Gasteiger partial charge in [-0.05, 0) is 50.6 Å². The number of carbonyl (C=O) groups is 2. The van der Waals surface area contributed by atoms with Crippen LogP contribution in [0.15, 0.2) is 47.0 Å². The molecule has 7 nitrogen and oxygen atoms in total. The number of likely N-dealkylation sites (N-methyl/N-ethyl adjacent to an activating group) is 1. The summed E-state index contributed by atoms with van der Waals surface area (Å²) in [6.07, 6.45) is 0.641. The van der Waals surface area contributed by atoms with Crippen LogP contribution in [0.5, 0.6) is 0 Å². The van der Waals surface area contributed by atoms with Crippen LogP contribution in [0.2, 0.25) is 0 Å². The van der Waals surface area contributed by atoms with Crippen molar-refractivity contribution >= 4 is 23.3 Å². The highest BCUT2D eigenvalue weighted by atomic mass is 19.1. The van der Waals surface area contributed by atoms with E-state index in [2.05, 4.69) is 10.5 Å². The lowest BCUT2D eigenvalue weighted by Crippen LogP contribution is -2.23. The minimum Gasteiger partial charge on any atom is -0.478 e. The molecule has 3 rings (SSSR count). The van der Waals surface area contributed by atoms with E-state index in [1.807, 2.05) is 18.7 Å². The first-order valence-electron chi connectivity index (χ1n) is 9.34. The molecule has 8 heteroatoms. The summed E-state index contributed by atoms with van der Waals surface area (Å²) in [6.45, 7) is 4.25. The third-order valence-electron chi connectivity index (χ3n) is 4.89. The van der Waals surface area contributed by atoms with Gasteiger partial charge in [0, 0.05) is 24.8 Å². The largest absolute Gasteiger partial charge is 0.478 e. The topological polar surface area (TPSA) is 95.7 Å². The number of benzene rings is 2. The molecule has 0 saturated heterocycles.